The molecule has 3 saturated heterocycles. The van der Waals surface area contributed by atoms with E-state index in [0.29, 0.717) is 0 Å². The van der Waals surface area contributed by atoms with Crippen LogP contribution in [-0.2, 0) is 23.7 Å². The number of aliphatic hydroxyl groups excluding tert-OH is 23. The molecule has 0 bridgehead atoms. The molecule has 0 amide bonds. The van der Waals surface area contributed by atoms with E-state index in [4.69, 9.17) is 101 Å². The van der Waals surface area contributed by atoms with Crippen LogP contribution in [0, 0.1) is 0 Å². The van der Waals surface area contributed by atoms with Gasteiger partial charge < -0.3 is 146 Å². The number of carbonyl (C=O) groups is 1. The Kier molecular flexibility index (Phi) is 26.2. The minimum atomic E-state index is -2.22. The summed E-state index contributed by atoms with van der Waals surface area (Å²) in [6.07, 6.45) is -29.9. The van der Waals surface area contributed by atoms with Gasteiger partial charge in [-0.3, -0.25) is 0 Å². The highest BCUT2D eigenvalue weighted by molar-refractivity contribution is 5.56. The van der Waals surface area contributed by atoms with Gasteiger partial charge in [-0.2, -0.15) is 0 Å². The maximum absolute atomic E-state index is 10.00. The molecule has 24 N–H and O–H groups in total. The average Bonchev–Trinajstić information content (AvgIpc) is 3.64. The second kappa shape index (κ2) is 26.9. The molecule has 0 saturated carbocycles. The molecule has 21 atom stereocenters. The molecule has 0 aromatic rings. The van der Waals surface area contributed by atoms with Crippen LogP contribution >= 0.6 is 0 Å². The molecule has 0 aliphatic carbocycles. The van der Waals surface area contributed by atoms with Gasteiger partial charge in [-0.15, -0.1) is 0 Å². The number of hydrogen-bond acceptors (Lipinski definition) is 29. The van der Waals surface area contributed by atoms with E-state index in [2.05, 4.69) is 4.74 Å². The fourth-order valence-corrected chi connectivity index (χ4v) is 5.07. The summed E-state index contributed by atoms with van der Waals surface area (Å²) >= 11 is 0. The smallest absolute Gasteiger partial charge is 0.224 e. The minimum Gasteiger partial charge on any atom is -0.394 e. The van der Waals surface area contributed by atoms with E-state index in [1.165, 1.54) is 0 Å². The van der Waals surface area contributed by atoms with E-state index >= 15 is 0 Å². The first-order valence-electron chi connectivity index (χ1n) is 17.4. The molecule has 0 aromatic carbocycles. The monoisotopic (exact) mass is 884 g/mol. The SMILES string of the molecule is O=C[C@H](O)[C@@H](O)[C@H](O)[C@H](O)CO.OC[C@@H](O)[C@@H](O)[C@H](O)[C@H](O)CO.OC[C@H]1O[C@@](CO)(O[C@H]2O[C@H](CO)[C@@H](O)[C@H](O)[C@H]2O)[C@@H](O)[C@@H]1O.OC[C@H]1O[C@](O)(CO)[C@@H](O)[C@@H]1O. The molecule has 3 heterocycles. The number of rotatable bonds is 17. The quantitative estimate of drug-likeness (QED) is 0.0603. The first kappa shape index (κ1) is 57.5. The van der Waals surface area contributed by atoms with Crippen LogP contribution in [0.5, 0.6) is 0 Å². The molecule has 3 fully saturated rings. The van der Waals surface area contributed by atoms with Crippen molar-refractivity contribution in [3.05, 3.63) is 0 Å². The van der Waals surface area contributed by atoms with Gasteiger partial charge in [0.1, 0.15) is 116 Å². The second-order valence-corrected chi connectivity index (χ2v) is 13.2. The molecular formula is C30H60O29. The summed E-state index contributed by atoms with van der Waals surface area (Å²) in [5.74, 6) is -4.38. The van der Waals surface area contributed by atoms with E-state index in [1.54, 1.807) is 0 Å². The highest BCUT2D eigenvalue weighted by Crippen LogP contribution is 2.36. The maximum Gasteiger partial charge on any atom is 0.224 e. The van der Waals surface area contributed by atoms with Gasteiger partial charge >= 0.3 is 0 Å². The minimum absolute atomic E-state index is 0.0258. The summed E-state index contributed by atoms with van der Waals surface area (Å²) in [5, 5.41) is 217. The fourth-order valence-electron chi connectivity index (χ4n) is 5.07. The lowest BCUT2D eigenvalue weighted by atomic mass is 9.99. The van der Waals surface area contributed by atoms with Crippen molar-refractivity contribution in [2.24, 2.45) is 0 Å². The summed E-state index contributed by atoms with van der Waals surface area (Å²) in [6.45, 7) is -5.89. The Morgan fingerprint density at radius 1 is 0.508 bits per heavy atom. The molecule has 0 unspecified atom stereocenters. The van der Waals surface area contributed by atoms with Gasteiger partial charge in [-0.1, -0.05) is 0 Å². The van der Waals surface area contributed by atoms with Crippen molar-refractivity contribution >= 4 is 6.29 Å². The molecule has 0 radical (unpaired) electrons. The normalized spacial score (nSPS) is 38.4. The van der Waals surface area contributed by atoms with E-state index in [-0.39, 0.29) is 6.29 Å². The average molecular weight is 885 g/mol. The van der Waals surface area contributed by atoms with Crippen LogP contribution in [0.4, 0.5) is 0 Å². The molecule has 29 nitrogen and oxygen atoms in total. The highest BCUT2D eigenvalue weighted by atomic mass is 16.8. The number of ether oxygens (including phenoxy) is 4. The number of aliphatic hydroxyl groups is 24. The van der Waals surface area contributed by atoms with E-state index in [0.717, 1.165) is 0 Å². The van der Waals surface area contributed by atoms with Crippen LogP contribution in [0.3, 0.4) is 0 Å². The predicted molar refractivity (Wildman–Crippen MR) is 180 cm³/mol. The third-order valence-electron chi connectivity index (χ3n) is 8.93. The van der Waals surface area contributed by atoms with Gasteiger partial charge in [-0.05, 0) is 0 Å². The van der Waals surface area contributed by atoms with Gasteiger partial charge in [0.2, 0.25) is 11.6 Å². The third kappa shape index (κ3) is 15.1. The van der Waals surface area contributed by atoms with Gasteiger partial charge in [0, 0.05) is 0 Å². The molecule has 354 valence electrons. The standard InChI is InChI=1S/C12H22O11.C6H12O6.C6H14O6.C6H12O6/c13-1-4-6(16)8(18)9(19)11(21-4)23-12(3-15)10(20)7(17)5(2-14)22-12;7-1-3-4(9)5(10)6(11,2-8)12-3;2*7-1-3(9)5(11)6(12)4(10)2-8/h4-11,13-20H,1-3H2;3-5,7-11H,1-2H2;3-12H,1-2H2;1,3-6,8-12H,2H2/t4-,5-,6-,7-,8+,9-,10+,11-,12+;3-,4-,5+,6-;3-,4-,5-,6-;3-,4+,5+,6+/m1110/s1. The van der Waals surface area contributed by atoms with Crippen LogP contribution in [0.15, 0.2) is 0 Å². The summed E-state index contributed by atoms with van der Waals surface area (Å²) in [7, 11) is 0. The molecule has 59 heavy (non-hydrogen) atoms. The molecule has 3 aliphatic heterocycles. The van der Waals surface area contributed by atoms with Gasteiger partial charge in [-0.25, -0.2) is 0 Å². The largest absolute Gasteiger partial charge is 0.394 e. The zero-order chi connectivity index (χ0) is 46.2. The molecule has 29 heteroatoms. The molecule has 3 aliphatic rings. The zero-order valence-electron chi connectivity index (χ0n) is 31.0. The van der Waals surface area contributed by atoms with Crippen LogP contribution < -0.4 is 0 Å². The Morgan fingerprint density at radius 3 is 1.24 bits per heavy atom. The van der Waals surface area contributed by atoms with Crippen LogP contribution in [0.1, 0.15) is 0 Å². The summed E-state index contributed by atoms with van der Waals surface area (Å²) in [4.78, 5) is 9.90. The maximum atomic E-state index is 10.00. The van der Waals surface area contributed by atoms with Gasteiger partial charge in [0.05, 0.1) is 46.2 Å². The van der Waals surface area contributed by atoms with Crippen molar-refractivity contribution in [3.63, 3.8) is 0 Å². The van der Waals surface area contributed by atoms with Crippen LogP contribution in [0.25, 0.3) is 0 Å². The van der Waals surface area contributed by atoms with E-state index in [1.807, 2.05) is 0 Å². The number of aldehydes is 1. The van der Waals surface area contributed by atoms with Crippen LogP contribution in [0.2, 0.25) is 0 Å². The molecule has 0 aromatic heterocycles. The Labute approximate surface area is 333 Å². The second-order valence-electron chi connectivity index (χ2n) is 13.2. The topological polar surface area (TPSA) is 540 Å². The predicted octanol–water partition coefficient (Wildman–Crippen LogP) is -15.6. The number of hydrogen-bond donors (Lipinski definition) is 24. The van der Waals surface area contributed by atoms with Crippen LogP contribution in [-0.4, -0.2) is 309 Å². The van der Waals surface area contributed by atoms with E-state index in [9.17, 15) is 40.5 Å². The number of carbonyl (C=O) groups excluding carboxylic acids is 1. The third-order valence-corrected chi connectivity index (χ3v) is 8.93. The summed E-state index contributed by atoms with van der Waals surface area (Å²) in [5.41, 5.74) is 0. The Hall–Kier alpha value is -1.45. The van der Waals surface area contributed by atoms with Crippen molar-refractivity contribution in [1.82, 2.24) is 0 Å². The zero-order valence-corrected chi connectivity index (χ0v) is 31.0. The summed E-state index contributed by atoms with van der Waals surface area (Å²) < 4.78 is 20.1. The van der Waals surface area contributed by atoms with Crippen molar-refractivity contribution in [1.29, 1.82) is 0 Å². The van der Waals surface area contributed by atoms with Crippen molar-refractivity contribution < 1.29 is 146 Å². The lowest BCUT2D eigenvalue weighted by Crippen LogP contribution is -2.62. The molecule has 0 spiro atoms. The lowest BCUT2D eigenvalue weighted by molar-refractivity contribution is -0.383. The Bertz CT molecular complexity index is 1110. The Morgan fingerprint density at radius 2 is 0.915 bits per heavy atom. The van der Waals surface area contributed by atoms with Gasteiger partial charge in [0.25, 0.3) is 0 Å². The van der Waals surface area contributed by atoms with Crippen molar-refractivity contribution in [3.8, 4) is 0 Å². The fraction of sp³-hybridized carbons (Fsp3) is 0.967. The molecule has 3 rings (SSSR count). The van der Waals surface area contributed by atoms with Crippen molar-refractivity contribution in [2.75, 3.05) is 52.9 Å². The first-order chi connectivity index (χ1) is 27.4. The first-order valence-corrected chi connectivity index (χ1v) is 17.4. The summed E-state index contributed by atoms with van der Waals surface area (Å²) in [6, 6.07) is 0. The Balaban J connectivity index is 0.000000806. The van der Waals surface area contributed by atoms with Gasteiger partial charge in [0.15, 0.2) is 12.6 Å². The molecular weight excluding hydrogens is 824 g/mol. The van der Waals surface area contributed by atoms with Crippen molar-refractivity contribution in [2.45, 2.75) is 128 Å². The highest BCUT2D eigenvalue weighted by Gasteiger charge is 2.58. The lowest BCUT2D eigenvalue weighted by Gasteiger charge is -2.43. The van der Waals surface area contributed by atoms with E-state index < -0.39 is 181 Å².